The molecule has 9 rings (SSSR count). The molecule has 0 spiro atoms. The van der Waals surface area contributed by atoms with Crippen LogP contribution < -0.4 is 0 Å². The second-order valence-electron chi connectivity index (χ2n) is 21.0. The van der Waals surface area contributed by atoms with Gasteiger partial charge in [-0.05, 0) is 126 Å². The van der Waals surface area contributed by atoms with Crippen LogP contribution in [0.2, 0.25) is 0 Å². The number of fused-ring (bicyclic) bond motifs is 10. The topological polar surface area (TPSA) is 84.0 Å². The third-order valence-corrected chi connectivity index (χ3v) is 28.8. The van der Waals surface area contributed by atoms with Crippen molar-refractivity contribution in [3.05, 3.63) is 51.9 Å². The minimum Gasteiger partial charge on any atom is -0.435 e. The maximum atomic E-state index is 13.8. The fraction of sp³-hybridized carbons (Fsp3) is 0.766. The minimum atomic E-state index is -2.18. The Hall–Kier alpha value is -1.21. The number of nitrogens with zero attached hydrogens (tertiary/aromatic N) is 1. The maximum absolute atomic E-state index is 13.8. The predicted octanol–water partition coefficient (Wildman–Crippen LogP) is 10.4. The molecule has 8 aliphatic rings. The molecule has 7 heterocycles. The quantitative estimate of drug-likeness (QED) is 0.130. The van der Waals surface area contributed by atoms with Crippen molar-refractivity contribution in [1.82, 2.24) is 4.98 Å². The van der Waals surface area contributed by atoms with E-state index in [4.69, 9.17) is 47.5 Å². The molecule has 2 saturated carbocycles. The lowest BCUT2D eigenvalue weighted by Crippen LogP contribution is -2.40. The van der Waals surface area contributed by atoms with Crippen molar-refractivity contribution in [2.24, 2.45) is 59.2 Å². The SMILES string of the molecule is CC1=C(C)C2[C@@H]3C(=O)O[C@@H](OC4CC[C@H](C)C[C@H]4C(C)C)C3C1P2(=S)Cc1cccc(CP2(=S)C3C(C)=C(C)C2[C@@H]2C(=O)O[C@@H](OC4CC[C@H](C)C[C@H]4C(C)C)C32)n1. The van der Waals surface area contributed by atoms with Crippen LogP contribution in [0.5, 0.6) is 0 Å². The number of carbonyl (C=O) groups excluding carboxylic acids is 2. The van der Waals surface area contributed by atoms with E-state index in [9.17, 15) is 9.59 Å². The lowest BCUT2D eigenvalue weighted by Gasteiger charge is -2.39. The Morgan fingerprint density at radius 1 is 0.655 bits per heavy atom. The van der Waals surface area contributed by atoms with Crippen LogP contribution in [0.4, 0.5) is 0 Å². The first-order valence-electron chi connectivity index (χ1n) is 22.6. The summed E-state index contributed by atoms with van der Waals surface area (Å²) in [6, 6.07) is 2.04. The standard InChI is InChI=1S/C47H67NO6P2S2/c1-22(2)32-18-24(5)14-16-34(32)51-46-38-36(44(49)53-46)40-26(7)28(9)42(38)55(40,57)20-30-12-11-13-31(48-30)21-56(58)41-27(8)29(10)43(56)39-37(41)45(50)54-47(39)52-35-17-15-25(6)19-33(35)23(3)4/h11-13,22-25,32-43,46-47H,14-21H2,1-10H3/t24-,25-,32-,33-,34?,35?,36+,37+,38?,39?,40?,41?,42?,43?,46+,47+,55?,56?/m0/s1. The summed E-state index contributed by atoms with van der Waals surface area (Å²) < 4.78 is 26.2. The van der Waals surface area contributed by atoms with Gasteiger partial charge in [0, 0.05) is 58.2 Å². The van der Waals surface area contributed by atoms with Gasteiger partial charge in [-0.15, -0.1) is 0 Å². The summed E-state index contributed by atoms with van der Waals surface area (Å²) in [7, 11) is 0. The van der Waals surface area contributed by atoms with Crippen molar-refractivity contribution in [3.8, 4) is 0 Å². The minimum absolute atomic E-state index is 0.0271. The molecule has 0 radical (unpaired) electrons. The van der Waals surface area contributed by atoms with Crippen LogP contribution in [-0.4, -0.2) is 64.3 Å². The summed E-state index contributed by atoms with van der Waals surface area (Å²) >= 11 is 13.8. The van der Waals surface area contributed by atoms with Gasteiger partial charge in [0.2, 0.25) is 12.6 Å². The van der Waals surface area contributed by atoms with Crippen LogP contribution in [0, 0.1) is 59.2 Å². The van der Waals surface area contributed by atoms with Crippen LogP contribution in [-0.2, 0) is 64.5 Å². The fourth-order valence-electron chi connectivity index (χ4n) is 14.1. The smallest absolute Gasteiger partial charge is 0.312 e. The molecule has 58 heavy (non-hydrogen) atoms. The fourth-order valence-corrected chi connectivity index (χ4v) is 28.3. The number of rotatable bonds is 10. The highest BCUT2D eigenvalue weighted by Crippen LogP contribution is 2.80. The predicted molar refractivity (Wildman–Crippen MR) is 238 cm³/mol. The second-order valence-corrected chi connectivity index (χ2v) is 31.3. The van der Waals surface area contributed by atoms with Crippen molar-refractivity contribution in [1.29, 1.82) is 0 Å². The van der Waals surface area contributed by atoms with Gasteiger partial charge in [0.1, 0.15) is 0 Å². The first-order chi connectivity index (χ1) is 27.4. The van der Waals surface area contributed by atoms with Gasteiger partial charge in [0.25, 0.3) is 0 Å². The van der Waals surface area contributed by atoms with E-state index in [1.807, 2.05) is 0 Å². The van der Waals surface area contributed by atoms with E-state index in [0.29, 0.717) is 47.8 Å². The Balaban J connectivity index is 0.957. The monoisotopic (exact) mass is 867 g/mol. The summed E-state index contributed by atoms with van der Waals surface area (Å²) in [5, 5.41) is 0. The van der Waals surface area contributed by atoms with E-state index in [2.05, 4.69) is 87.4 Å². The van der Waals surface area contributed by atoms with E-state index in [1.165, 1.54) is 22.3 Å². The van der Waals surface area contributed by atoms with Crippen LogP contribution in [0.3, 0.4) is 0 Å². The third kappa shape index (κ3) is 6.45. The van der Waals surface area contributed by atoms with Gasteiger partial charge in [0.05, 0.1) is 24.0 Å². The van der Waals surface area contributed by atoms with Gasteiger partial charge in [-0.1, -0.05) is 93.5 Å². The van der Waals surface area contributed by atoms with Gasteiger partial charge in [-0.25, -0.2) is 0 Å². The van der Waals surface area contributed by atoms with E-state index >= 15 is 0 Å². The van der Waals surface area contributed by atoms with Gasteiger partial charge < -0.3 is 18.9 Å². The molecule has 11 heteroatoms. The highest BCUT2D eigenvalue weighted by molar-refractivity contribution is 8.15. The molecule has 318 valence electrons. The molecule has 7 nitrogen and oxygen atoms in total. The van der Waals surface area contributed by atoms with E-state index < -0.39 is 24.7 Å². The molecule has 10 unspecified atom stereocenters. The third-order valence-electron chi connectivity index (χ3n) is 17.0. The van der Waals surface area contributed by atoms with E-state index in [-0.39, 0.29) is 70.5 Å². The molecule has 0 aromatic carbocycles. The van der Waals surface area contributed by atoms with Gasteiger partial charge in [-0.3, -0.25) is 14.6 Å². The number of allylic oxidation sites excluding steroid dienone is 4. The molecule has 4 bridgehead atoms. The molecule has 4 saturated heterocycles. The number of carbonyl (C=O) groups is 2. The largest absolute Gasteiger partial charge is 0.435 e. The highest BCUT2D eigenvalue weighted by atomic mass is 32.4. The number of pyridine rings is 1. The molecule has 18 atom stereocenters. The average molecular weight is 868 g/mol. The Morgan fingerprint density at radius 2 is 1.03 bits per heavy atom. The number of aromatic nitrogens is 1. The summed E-state index contributed by atoms with van der Waals surface area (Å²) in [5.41, 5.74) is 7.58. The normalized spacial score (nSPS) is 46.8. The van der Waals surface area contributed by atoms with Gasteiger partial charge >= 0.3 is 11.9 Å². The van der Waals surface area contributed by atoms with Crippen LogP contribution in [0.1, 0.15) is 119 Å². The number of hydrogen-bond acceptors (Lipinski definition) is 9. The Kier molecular flexibility index (Phi) is 11.1. The molecule has 1 aromatic heterocycles. The second kappa shape index (κ2) is 15.3. The molecule has 6 aliphatic heterocycles. The van der Waals surface area contributed by atoms with Crippen LogP contribution in [0.25, 0.3) is 0 Å². The van der Waals surface area contributed by atoms with Crippen molar-refractivity contribution in [2.75, 3.05) is 0 Å². The number of hydrogen-bond donors (Lipinski definition) is 0. The zero-order valence-corrected chi connectivity index (χ0v) is 39.8. The molecule has 0 amide bonds. The number of ether oxygens (including phenoxy) is 4. The molecule has 0 N–H and O–H groups in total. The summed E-state index contributed by atoms with van der Waals surface area (Å²) in [4.78, 5) is 33.1. The molecular formula is C47H67NO6P2S2. The van der Waals surface area contributed by atoms with Crippen molar-refractivity contribution >= 4 is 47.6 Å². The Labute approximate surface area is 358 Å². The van der Waals surface area contributed by atoms with Gasteiger partial charge in [0.15, 0.2) is 0 Å². The van der Waals surface area contributed by atoms with Crippen molar-refractivity contribution < 1.29 is 28.5 Å². The maximum Gasteiger partial charge on any atom is 0.312 e. The molecular weight excluding hydrogens is 801 g/mol. The lowest BCUT2D eigenvalue weighted by molar-refractivity contribution is -0.195. The summed E-state index contributed by atoms with van der Waals surface area (Å²) in [6.45, 7) is 22.8. The number of cyclic esters (lactones) is 2. The van der Waals surface area contributed by atoms with Crippen molar-refractivity contribution in [3.63, 3.8) is 0 Å². The van der Waals surface area contributed by atoms with E-state index in [0.717, 1.165) is 49.9 Å². The first kappa shape index (κ1) is 42.1. The average Bonchev–Trinajstić information content (AvgIpc) is 3.89. The van der Waals surface area contributed by atoms with Gasteiger partial charge in [-0.2, -0.15) is 0 Å². The molecule has 2 aliphatic carbocycles. The zero-order chi connectivity index (χ0) is 41.3. The lowest BCUT2D eigenvalue weighted by atomic mass is 9.74. The van der Waals surface area contributed by atoms with E-state index in [1.54, 1.807) is 0 Å². The first-order valence-corrected chi connectivity index (χ1v) is 28.9. The van der Waals surface area contributed by atoms with Crippen LogP contribution in [0.15, 0.2) is 40.5 Å². The summed E-state index contributed by atoms with van der Waals surface area (Å²) in [6.07, 6.45) is 7.20. The van der Waals surface area contributed by atoms with Crippen molar-refractivity contribution in [2.45, 2.75) is 168 Å². The Morgan fingerprint density at radius 3 is 1.41 bits per heavy atom. The number of esters is 2. The Bertz CT molecular complexity index is 1890. The van der Waals surface area contributed by atoms with Crippen LogP contribution >= 0.6 is 12.1 Å². The summed E-state index contributed by atoms with van der Waals surface area (Å²) in [5.74, 6) is 2.57. The highest BCUT2D eigenvalue weighted by Gasteiger charge is 2.70. The molecule has 6 fully saturated rings. The molecule has 1 aromatic rings. The zero-order valence-electron chi connectivity index (χ0n) is 36.4.